The van der Waals surface area contributed by atoms with Crippen molar-refractivity contribution in [3.8, 4) is 0 Å². The third kappa shape index (κ3) is 6.94. The van der Waals surface area contributed by atoms with Crippen molar-refractivity contribution in [3.05, 3.63) is 0 Å². The summed E-state index contributed by atoms with van der Waals surface area (Å²) < 4.78 is 4.79. The number of rotatable bonds is 7. The molecule has 2 unspecified atom stereocenters. The van der Waals surface area contributed by atoms with E-state index in [9.17, 15) is 14.4 Å². The lowest BCUT2D eigenvalue weighted by Crippen LogP contribution is -2.47. The van der Waals surface area contributed by atoms with Crippen LogP contribution in [0, 0.1) is 5.92 Å². The maximum Gasteiger partial charge on any atom is 0.315 e. The fraction of sp³-hybridized carbons (Fsp3) is 0.769. The van der Waals surface area contributed by atoms with Gasteiger partial charge in [0, 0.05) is 19.7 Å². The van der Waals surface area contributed by atoms with Gasteiger partial charge in [-0.2, -0.15) is 0 Å². The summed E-state index contributed by atoms with van der Waals surface area (Å²) in [7, 11) is 1.53. The standard InChI is InChI=1S/C13H23N3O5/c1-21-6-5-14-11(17)8-15-13(20)16-10-4-2-3-9(7-10)12(18)19/h9-10H,2-8H2,1H3,(H,14,17)(H,18,19)(H2,15,16,20). The van der Waals surface area contributed by atoms with E-state index in [0.717, 1.165) is 12.8 Å². The van der Waals surface area contributed by atoms with Gasteiger partial charge in [-0.1, -0.05) is 6.42 Å². The summed E-state index contributed by atoms with van der Waals surface area (Å²) in [5.41, 5.74) is 0. The highest BCUT2D eigenvalue weighted by Gasteiger charge is 2.27. The van der Waals surface area contributed by atoms with Crippen LogP contribution in [0.2, 0.25) is 0 Å². The average molecular weight is 301 g/mol. The minimum Gasteiger partial charge on any atom is -0.481 e. The van der Waals surface area contributed by atoms with Gasteiger partial charge in [-0.05, 0) is 19.3 Å². The fourth-order valence-corrected chi connectivity index (χ4v) is 2.30. The predicted octanol–water partition coefficient (Wildman–Crippen LogP) is -0.308. The van der Waals surface area contributed by atoms with Gasteiger partial charge >= 0.3 is 12.0 Å². The van der Waals surface area contributed by atoms with Crippen LogP contribution in [-0.2, 0) is 14.3 Å². The molecule has 1 saturated carbocycles. The molecule has 0 bridgehead atoms. The first-order valence-corrected chi connectivity index (χ1v) is 7.05. The van der Waals surface area contributed by atoms with Gasteiger partial charge < -0.3 is 25.8 Å². The highest BCUT2D eigenvalue weighted by molar-refractivity contribution is 5.84. The number of methoxy groups -OCH3 is 1. The molecule has 0 aromatic heterocycles. The summed E-state index contributed by atoms with van der Waals surface area (Å²) in [4.78, 5) is 34.0. The second-order valence-corrected chi connectivity index (χ2v) is 5.07. The number of carbonyl (C=O) groups is 3. The molecule has 0 aliphatic heterocycles. The molecule has 120 valence electrons. The van der Waals surface area contributed by atoms with Gasteiger partial charge in [0.2, 0.25) is 5.91 Å². The zero-order valence-electron chi connectivity index (χ0n) is 12.2. The van der Waals surface area contributed by atoms with Gasteiger partial charge in [0.05, 0.1) is 19.1 Å². The molecule has 1 rings (SSSR count). The second-order valence-electron chi connectivity index (χ2n) is 5.07. The highest BCUT2D eigenvalue weighted by Crippen LogP contribution is 2.24. The molecule has 4 N–H and O–H groups in total. The van der Waals surface area contributed by atoms with Gasteiger partial charge in [0.25, 0.3) is 0 Å². The smallest absolute Gasteiger partial charge is 0.315 e. The monoisotopic (exact) mass is 301 g/mol. The first kappa shape index (κ1) is 17.2. The van der Waals surface area contributed by atoms with Crippen molar-refractivity contribution < 1.29 is 24.2 Å². The zero-order valence-corrected chi connectivity index (χ0v) is 12.2. The number of hydrogen-bond acceptors (Lipinski definition) is 4. The number of ether oxygens (including phenoxy) is 1. The Kier molecular flexibility index (Phi) is 7.52. The highest BCUT2D eigenvalue weighted by atomic mass is 16.5. The molecule has 0 spiro atoms. The number of hydrogen-bond donors (Lipinski definition) is 4. The molecule has 1 aliphatic carbocycles. The van der Waals surface area contributed by atoms with E-state index in [1.54, 1.807) is 0 Å². The summed E-state index contributed by atoms with van der Waals surface area (Å²) in [6, 6.07) is -0.607. The van der Waals surface area contributed by atoms with E-state index >= 15 is 0 Å². The number of carbonyl (C=O) groups excluding carboxylic acids is 2. The Morgan fingerprint density at radius 2 is 2.00 bits per heavy atom. The molecule has 0 heterocycles. The van der Waals surface area contributed by atoms with E-state index in [4.69, 9.17) is 9.84 Å². The fourth-order valence-electron chi connectivity index (χ4n) is 2.30. The molecular formula is C13H23N3O5. The van der Waals surface area contributed by atoms with Gasteiger partial charge in [0.15, 0.2) is 0 Å². The van der Waals surface area contributed by atoms with Gasteiger partial charge in [-0.3, -0.25) is 9.59 Å². The Morgan fingerprint density at radius 3 is 2.67 bits per heavy atom. The molecule has 1 fully saturated rings. The maximum absolute atomic E-state index is 11.6. The molecular weight excluding hydrogens is 278 g/mol. The molecule has 0 saturated heterocycles. The second kappa shape index (κ2) is 9.17. The van der Waals surface area contributed by atoms with Crippen LogP contribution in [-0.4, -0.2) is 55.9 Å². The SMILES string of the molecule is COCCNC(=O)CNC(=O)NC1CCCC(C(=O)O)C1. The van der Waals surface area contributed by atoms with Crippen LogP contribution in [0.3, 0.4) is 0 Å². The lowest BCUT2D eigenvalue weighted by molar-refractivity contribution is -0.143. The topological polar surface area (TPSA) is 117 Å². The Hall–Kier alpha value is -1.83. The molecule has 8 nitrogen and oxygen atoms in total. The largest absolute Gasteiger partial charge is 0.481 e. The normalized spacial score (nSPS) is 21.4. The van der Waals surface area contributed by atoms with Crippen molar-refractivity contribution in [1.82, 2.24) is 16.0 Å². The molecule has 0 aromatic rings. The molecule has 3 amide bonds. The quantitative estimate of drug-likeness (QED) is 0.481. The van der Waals surface area contributed by atoms with Crippen molar-refractivity contribution >= 4 is 17.9 Å². The summed E-state index contributed by atoms with van der Waals surface area (Å²) in [6.07, 6.45) is 2.62. The van der Waals surface area contributed by atoms with Crippen LogP contribution in [0.25, 0.3) is 0 Å². The third-order valence-electron chi connectivity index (χ3n) is 3.40. The van der Waals surface area contributed by atoms with Crippen molar-refractivity contribution in [3.63, 3.8) is 0 Å². The molecule has 1 aliphatic rings. The first-order valence-electron chi connectivity index (χ1n) is 7.05. The molecule has 2 atom stereocenters. The Bertz CT molecular complexity index is 375. The van der Waals surface area contributed by atoms with Crippen LogP contribution < -0.4 is 16.0 Å². The van der Waals surface area contributed by atoms with Crippen molar-refractivity contribution in [2.75, 3.05) is 26.8 Å². The van der Waals surface area contributed by atoms with Crippen LogP contribution in [0.15, 0.2) is 0 Å². The van der Waals surface area contributed by atoms with E-state index in [-0.39, 0.29) is 18.5 Å². The first-order chi connectivity index (χ1) is 10.0. The molecule has 0 radical (unpaired) electrons. The van der Waals surface area contributed by atoms with E-state index in [2.05, 4.69) is 16.0 Å². The van der Waals surface area contributed by atoms with Gasteiger partial charge in [0.1, 0.15) is 0 Å². The average Bonchev–Trinajstić information content (AvgIpc) is 2.45. The third-order valence-corrected chi connectivity index (χ3v) is 3.40. The van der Waals surface area contributed by atoms with E-state index in [0.29, 0.717) is 26.0 Å². The van der Waals surface area contributed by atoms with Crippen LogP contribution in [0.1, 0.15) is 25.7 Å². The summed E-state index contributed by atoms with van der Waals surface area (Å²) in [5.74, 6) is -1.52. The lowest BCUT2D eigenvalue weighted by Gasteiger charge is -2.27. The van der Waals surface area contributed by atoms with Crippen LogP contribution >= 0.6 is 0 Å². The molecule has 8 heteroatoms. The van der Waals surface area contributed by atoms with E-state index in [1.807, 2.05) is 0 Å². The van der Waals surface area contributed by atoms with Crippen molar-refractivity contribution in [2.45, 2.75) is 31.7 Å². The lowest BCUT2D eigenvalue weighted by atomic mass is 9.86. The minimum absolute atomic E-state index is 0.120. The molecule has 0 aromatic carbocycles. The maximum atomic E-state index is 11.6. The summed E-state index contributed by atoms with van der Waals surface area (Å²) in [6.45, 7) is 0.683. The van der Waals surface area contributed by atoms with Crippen LogP contribution in [0.4, 0.5) is 4.79 Å². The number of aliphatic carboxylic acids is 1. The Balaban J connectivity index is 2.21. The van der Waals surface area contributed by atoms with E-state index < -0.39 is 17.9 Å². The van der Waals surface area contributed by atoms with Crippen molar-refractivity contribution in [1.29, 1.82) is 0 Å². The van der Waals surface area contributed by atoms with Crippen molar-refractivity contribution in [2.24, 2.45) is 5.92 Å². The number of nitrogens with one attached hydrogen (secondary N) is 3. The number of urea groups is 1. The van der Waals surface area contributed by atoms with E-state index in [1.165, 1.54) is 7.11 Å². The summed E-state index contributed by atoms with van der Waals surface area (Å²) in [5, 5.41) is 16.7. The Labute approximate surface area is 123 Å². The number of carboxylic acid groups (broad SMARTS) is 1. The summed E-state index contributed by atoms with van der Waals surface area (Å²) >= 11 is 0. The Morgan fingerprint density at radius 1 is 1.24 bits per heavy atom. The zero-order chi connectivity index (χ0) is 15.7. The number of carboxylic acids is 1. The predicted molar refractivity (Wildman–Crippen MR) is 74.8 cm³/mol. The number of amides is 3. The van der Waals surface area contributed by atoms with Gasteiger partial charge in [-0.15, -0.1) is 0 Å². The van der Waals surface area contributed by atoms with Crippen LogP contribution in [0.5, 0.6) is 0 Å². The minimum atomic E-state index is -0.820. The van der Waals surface area contributed by atoms with Gasteiger partial charge in [-0.25, -0.2) is 4.79 Å². The molecule has 21 heavy (non-hydrogen) atoms.